The lowest BCUT2D eigenvalue weighted by Crippen LogP contribution is -2.17. The van der Waals surface area contributed by atoms with Gasteiger partial charge in [0.25, 0.3) is 0 Å². The van der Waals surface area contributed by atoms with E-state index in [1.165, 1.54) is 41.1 Å². The summed E-state index contributed by atoms with van der Waals surface area (Å²) >= 11 is 0. The summed E-state index contributed by atoms with van der Waals surface area (Å²) in [5.41, 5.74) is 0.0140. The van der Waals surface area contributed by atoms with E-state index in [2.05, 4.69) is 4.98 Å². The van der Waals surface area contributed by atoms with Gasteiger partial charge in [0.1, 0.15) is 5.65 Å². The first-order valence-corrected chi connectivity index (χ1v) is 9.19. The van der Waals surface area contributed by atoms with E-state index in [-0.39, 0.29) is 27.4 Å². The van der Waals surface area contributed by atoms with Crippen molar-refractivity contribution < 1.29 is 18.0 Å². The highest BCUT2D eigenvalue weighted by Gasteiger charge is 2.39. The third-order valence-electron chi connectivity index (χ3n) is 5.06. The maximum Gasteiger partial charge on any atom is 0.419 e. The number of pyridine rings is 2. The highest BCUT2D eigenvalue weighted by molar-refractivity contribution is 6.18. The Morgan fingerprint density at radius 1 is 0.966 bits per heavy atom. The lowest BCUT2D eigenvalue weighted by Gasteiger charge is -2.20. The maximum atomic E-state index is 14.1. The van der Waals surface area contributed by atoms with Crippen molar-refractivity contribution in [3.63, 3.8) is 0 Å². The van der Waals surface area contributed by atoms with E-state index in [9.17, 15) is 18.0 Å². The smallest absolute Gasteiger partial charge is 0.301 e. The number of carbonyl (C=O) groups excluding carboxylic acids is 1. The number of nitrogens with zero attached hydrogens (tertiary/aromatic N) is 2. The average Bonchev–Trinajstić information content (AvgIpc) is 3.14. The molecule has 0 aliphatic heterocycles. The molecule has 0 atom stereocenters. The van der Waals surface area contributed by atoms with Crippen molar-refractivity contribution in [1.82, 2.24) is 9.38 Å². The van der Waals surface area contributed by atoms with E-state index in [1.54, 1.807) is 24.3 Å². The minimum atomic E-state index is -4.69. The molecule has 4 aromatic rings. The van der Waals surface area contributed by atoms with Gasteiger partial charge in [-0.15, -0.1) is 0 Å². The van der Waals surface area contributed by atoms with Crippen LogP contribution in [0.3, 0.4) is 0 Å². The first-order valence-electron chi connectivity index (χ1n) is 9.19. The van der Waals surface area contributed by atoms with Crippen molar-refractivity contribution >= 4 is 22.3 Å². The van der Waals surface area contributed by atoms with Crippen LogP contribution in [-0.4, -0.2) is 15.2 Å². The zero-order valence-corrected chi connectivity index (χ0v) is 16.2. The quantitative estimate of drug-likeness (QED) is 0.388. The zero-order chi connectivity index (χ0) is 21.0. The third kappa shape index (κ3) is 3.18. The Labute approximate surface area is 165 Å². The molecule has 0 aliphatic carbocycles. The first-order chi connectivity index (χ1) is 13.6. The molecule has 3 aromatic heterocycles. The topological polar surface area (TPSA) is 34.4 Å². The Bertz CT molecular complexity index is 1230. The lowest BCUT2D eigenvalue weighted by molar-refractivity contribution is -0.136. The summed E-state index contributed by atoms with van der Waals surface area (Å²) in [5, 5.41) is 0.174. The molecule has 1 aromatic carbocycles. The highest BCUT2D eigenvalue weighted by atomic mass is 19.4. The van der Waals surface area contributed by atoms with Gasteiger partial charge in [0.2, 0.25) is 0 Å². The van der Waals surface area contributed by atoms with E-state index >= 15 is 0 Å². The number of ketones is 1. The molecule has 0 saturated carbocycles. The molecule has 4 rings (SSSR count). The van der Waals surface area contributed by atoms with Crippen molar-refractivity contribution in [2.75, 3.05) is 0 Å². The molecule has 29 heavy (non-hydrogen) atoms. The summed E-state index contributed by atoms with van der Waals surface area (Å²) in [4.78, 5) is 17.5. The molecule has 0 saturated heterocycles. The molecule has 0 N–H and O–H groups in total. The Morgan fingerprint density at radius 3 is 2.28 bits per heavy atom. The van der Waals surface area contributed by atoms with Gasteiger partial charge in [0, 0.05) is 28.9 Å². The number of rotatable bonds is 2. The van der Waals surface area contributed by atoms with Gasteiger partial charge in [-0.25, -0.2) is 4.98 Å². The van der Waals surface area contributed by atoms with Crippen LogP contribution in [0.4, 0.5) is 13.2 Å². The molecule has 0 aliphatic rings. The van der Waals surface area contributed by atoms with Crippen molar-refractivity contribution in [1.29, 1.82) is 0 Å². The van der Waals surface area contributed by atoms with Crippen molar-refractivity contribution in [2.45, 2.75) is 32.4 Å². The number of halogens is 3. The third-order valence-corrected chi connectivity index (χ3v) is 5.06. The molecule has 0 fully saturated rings. The molecule has 0 radical (unpaired) electrons. The van der Waals surface area contributed by atoms with Gasteiger partial charge in [0.15, 0.2) is 5.78 Å². The minimum absolute atomic E-state index is 0.0849. The Hall–Kier alpha value is -3.15. The van der Waals surface area contributed by atoms with Gasteiger partial charge in [-0.3, -0.25) is 4.79 Å². The molecular weight excluding hydrogens is 377 g/mol. The number of aromatic nitrogens is 2. The standard InChI is InChI=1S/C23H19F3N2O/c1-22(2,3)15-10-8-14(9-11-15)20(29)18-16-6-4-12-27-21(16)28-13-5-7-17(28)19(18)23(24,25)26/h4-13H,1-3H3. The summed E-state index contributed by atoms with van der Waals surface area (Å²) in [6.07, 6.45) is -1.67. The van der Waals surface area contributed by atoms with Crippen LogP contribution in [0.2, 0.25) is 0 Å². The maximum absolute atomic E-state index is 14.1. The van der Waals surface area contributed by atoms with Crippen LogP contribution < -0.4 is 0 Å². The number of hydrogen-bond acceptors (Lipinski definition) is 2. The first kappa shape index (κ1) is 19.2. The van der Waals surface area contributed by atoms with Crippen molar-refractivity contribution in [2.24, 2.45) is 0 Å². The van der Waals surface area contributed by atoms with E-state index in [0.717, 1.165) is 5.56 Å². The van der Waals surface area contributed by atoms with E-state index in [4.69, 9.17) is 0 Å². The van der Waals surface area contributed by atoms with Gasteiger partial charge in [0.05, 0.1) is 11.1 Å². The van der Waals surface area contributed by atoms with Crippen LogP contribution in [0.15, 0.2) is 60.9 Å². The zero-order valence-electron chi connectivity index (χ0n) is 16.2. The minimum Gasteiger partial charge on any atom is -0.301 e. The van der Waals surface area contributed by atoms with Crippen molar-refractivity contribution in [3.05, 3.63) is 83.2 Å². The van der Waals surface area contributed by atoms with Gasteiger partial charge in [-0.1, -0.05) is 45.0 Å². The fourth-order valence-corrected chi connectivity index (χ4v) is 3.60. The average molecular weight is 396 g/mol. The summed E-state index contributed by atoms with van der Waals surface area (Å²) in [6.45, 7) is 6.10. The summed E-state index contributed by atoms with van der Waals surface area (Å²) in [7, 11) is 0. The number of fused-ring (bicyclic) bond motifs is 3. The second kappa shape index (κ2) is 6.44. The van der Waals surface area contributed by atoms with E-state index < -0.39 is 17.5 Å². The summed E-state index contributed by atoms with van der Waals surface area (Å²) in [6, 6.07) is 12.7. The molecule has 0 spiro atoms. The molecule has 6 heteroatoms. The largest absolute Gasteiger partial charge is 0.419 e. The number of hydrogen-bond donors (Lipinski definition) is 0. The van der Waals surface area contributed by atoms with Crippen LogP contribution >= 0.6 is 0 Å². The summed E-state index contributed by atoms with van der Waals surface area (Å²) in [5.74, 6) is -0.667. The number of alkyl halides is 3. The Morgan fingerprint density at radius 2 is 1.66 bits per heavy atom. The predicted octanol–water partition coefficient (Wildman–Crippen LogP) is 6.03. The number of benzene rings is 1. The molecule has 3 nitrogen and oxygen atoms in total. The van der Waals surface area contributed by atoms with Crippen LogP contribution in [0, 0.1) is 0 Å². The second-order valence-electron chi connectivity index (χ2n) is 8.04. The fourth-order valence-electron chi connectivity index (χ4n) is 3.60. The lowest BCUT2D eigenvalue weighted by atomic mass is 9.86. The predicted molar refractivity (Wildman–Crippen MR) is 106 cm³/mol. The van der Waals surface area contributed by atoms with Crippen LogP contribution in [0.1, 0.15) is 47.8 Å². The molecule has 3 heterocycles. The molecule has 148 valence electrons. The van der Waals surface area contributed by atoms with Crippen LogP contribution in [-0.2, 0) is 11.6 Å². The van der Waals surface area contributed by atoms with E-state index in [0.29, 0.717) is 5.65 Å². The number of carbonyl (C=O) groups is 1. The fraction of sp³-hybridized carbons (Fsp3) is 0.217. The van der Waals surface area contributed by atoms with Gasteiger partial charge in [-0.2, -0.15) is 13.2 Å². The van der Waals surface area contributed by atoms with Crippen LogP contribution in [0.25, 0.3) is 16.6 Å². The van der Waals surface area contributed by atoms with Crippen LogP contribution in [0.5, 0.6) is 0 Å². The molecule has 0 amide bonds. The Balaban J connectivity index is 2.02. The van der Waals surface area contributed by atoms with Gasteiger partial charge >= 0.3 is 6.18 Å². The molecule has 0 unspecified atom stereocenters. The summed E-state index contributed by atoms with van der Waals surface area (Å²) < 4.78 is 43.7. The SMILES string of the molecule is CC(C)(C)c1ccc(C(=O)c2c(C(F)(F)F)c3cccn3c3ncccc23)cc1. The second-order valence-corrected chi connectivity index (χ2v) is 8.04. The normalized spacial score (nSPS) is 12.6. The monoisotopic (exact) mass is 396 g/mol. The molecule has 0 bridgehead atoms. The molecular formula is C23H19F3N2O. The highest BCUT2D eigenvalue weighted by Crippen LogP contribution is 2.39. The van der Waals surface area contributed by atoms with Crippen molar-refractivity contribution in [3.8, 4) is 0 Å². The van der Waals surface area contributed by atoms with Gasteiger partial charge in [-0.05, 0) is 35.2 Å². The Kier molecular flexibility index (Phi) is 4.26. The van der Waals surface area contributed by atoms with E-state index in [1.807, 2.05) is 20.8 Å². The van der Waals surface area contributed by atoms with Gasteiger partial charge < -0.3 is 4.40 Å².